The van der Waals surface area contributed by atoms with Gasteiger partial charge in [0.05, 0.1) is 0 Å². The number of para-hydroxylation sites is 2. The van der Waals surface area contributed by atoms with Crippen molar-refractivity contribution in [2.45, 2.75) is 26.7 Å². The van der Waals surface area contributed by atoms with E-state index in [4.69, 9.17) is 0 Å². The summed E-state index contributed by atoms with van der Waals surface area (Å²) in [5.41, 5.74) is 4.15. The van der Waals surface area contributed by atoms with Gasteiger partial charge in [-0.15, -0.1) is 0 Å². The summed E-state index contributed by atoms with van der Waals surface area (Å²) in [5, 5.41) is 6.54. The molecule has 0 spiro atoms. The number of nitrogens with one attached hydrogen (secondary N) is 2. The summed E-state index contributed by atoms with van der Waals surface area (Å²) in [4.78, 5) is 12.3. The molecule has 1 aliphatic rings. The van der Waals surface area contributed by atoms with Crippen LogP contribution in [0.4, 0.5) is 11.4 Å². The van der Waals surface area contributed by atoms with Gasteiger partial charge in [-0.25, -0.2) is 0 Å². The van der Waals surface area contributed by atoms with Crippen LogP contribution >= 0.6 is 0 Å². The maximum Gasteiger partial charge on any atom is 0.229 e. The molecule has 0 saturated heterocycles. The topological polar surface area (TPSA) is 41.1 Å². The van der Waals surface area contributed by atoms with Gasteiger partial charge in [-0.1, -0.05) is 57.2 Å². The molecule has 3 rings (SSSR count). The van der Waals surface area contributed by atoms with Gasteiger partial charge in [-0.3, -0.25) is 4.79 Å². The average Bonchev–Trinajstić information content (AvgIpc) is 2.91. The molecule has 1 amide bonds. The van der Waals surface area contributed by atoms with Crippen LogP contribution in [0.3, 0.4) is 0 Å². The lowest BCUT2D eigenvalue weighted by molar-refractivity contribution is -0.123. The Hall–Kier alpha value is -2.29. The van der Waals surface area contributed by atoms with Crippen molar-refractivity contribution in [3.63, 3.8) is 0 Å². The van der Waals surface area contributed by atoms with Crippen LogP contribution in [-0.4, -0.2) is 12.5 Å². The molecule has 22 heavy (non-hydrogen) atoms. The predicted molar refractivity (Wildman–Crippen MR) is 91.3 cm³/mol. The molecular weight excluding hydrogens is 272 g/mol. The van der Waals surface area contributed by atoms with E-state index in [2.05, 4.69) is 34.9 Å². The molecule has 3 nitrogen and oxygen atoms in total. The number of hydrogen-bond acceptors (Lipinski definition) is 2. The van der Waals surface area contributed by atoms with Crippen LogP contribution in [0, 0.1) is 5.41 Å². The summed E-state index contributed by atoms with van der Waals surface area (Å²) in [6, 6.07) is 16.5. The van der Waals surface area contributed by atoms with Crippen LogP contribution in [0.5, 0.6) is 0 Å². The monoisotopic (exact) mass is 294 g/mol. The SMILES string of the molecule is CC(C)(C)C(=O)Nc1ccccc1C1CNc2ccccc21. The molecule has 0 radical (unpaired) electrons. The van der Waals surface area contributed by atoms with Crippen molar-refractivity contribution in [2.75, 3.05) is 17.2 Å². The molecule has 2 N–H and O–H groups in total. The molecule has 0 saturated carbocycles. The van der Waals surface area contributed by atoms with Crippen LogP contribution < -0.4 is 10.6 Å². The largest absolute Gasteiger partial charge is 0.384 e. The van der Waals surface area contributed by atoms with E-state index in [1.807, 2.05) is 45.0 Å². The predicted octanol–water partition coefficient (Wildman–Crippen LogP) is 4.23. The zero-order valence-corrected chi connectivity index (χ0v) is 13.3. The number of benzene rings is 2. The Morgan fingerprint density at radius 3 is 2.41 bits per heavy atom. The molecule has 2 aromatic rings. The lowest BCUT2D eigenvalue weighted by atomic mass is 9.91. The summed E-state index contributed by atoms with van der Waals surface area (Å²) in [7, 11) is 0. The average molecular weight is 294 g/mol. The van der Waals surface area contributed by atoms with Gasteiger partial charge in [-0.05, 0) is 23.3 Å². The summed E-state index contributed by atoms with van der Waals surface area (Å²) >= 11 is 0. The van der Waals surface area contributed by atoms with E-state index in [9.17, 15) is 4.79 Å². The van der Waals surface area contributed by atoms with Crippen LogP contribution in [0.15, 0.2) is 48.5 Å². The van der Waals surface area contributed by atoms with Gasteiger partial charge in [0, 0.05) is 29.3 Å². The zero-order valence-electron chi connectivity index (χ0n) is 13.3. The number of fused-ring (bicyclic) bond motifs is 1. The van der Waals surface area contributed by atoms with Gasteiger partial charge in [0.15, 0.2) is 0 Å². The Balaban J connectivity index is 1.95. The van der Waals surface area contributed by atoms with E-state index in [1.165, 1.54) is 11.3 Å². The van der Waals surface area contributed by atoms with Crippen molar-refractivity contribution >= 4 is 17.3 Å². The van der Waals surface area contributed by atoms with Crippen molar-refractivity contribution < 1.29 is 4.79 Å². The van der Waals surface area contributed by atoms with E-state index < -0.39 is 5.41 Å². The van der Waals surface area contributed by atoms with Gasteiger partial charge >= 0.3 is 0 Å². The van der Waals surface area contributed by atoms with Gasteiger partial charge < -0.3 is 10.6 Å². The Morgan fingerprint density at radius 1 is 1.05 bits per heavy atom. The molecule has 0 aliphatic carbocycles. The van der Waals surface area contributed by atoms with E-state index in [0.29, 0.717) is 0 Å². The van der Waals surface area contributed by atoms with Gasteiger partial charge in [0.1, 0.15) is 0 Å². The van der Waals surface area contributed by atoms with E-state index in [1.54, 1.807) is 0 Å². The summed E-state index contributed by atoms with van der Waals surface area (Å²) in [6.45, 7) is 6.65. The lowest BCUT2D eigenvalue weighted by Crippen LogP contribution is -2.28. The molecule has 114 valence electrons. The maximum atomic E-state index is 12.3. The quantitative estimate of drug-likeness (QED) is 0.870. The Kier molecular flexibility index (Phi) is 3.65. The molecular formula is C19H22N2O. The van der Waals surface area contributed by atoms with Crippen molar-refractivity contribution in [3.05, 3.63) is 59.7 Å². The standard InChI is InChI=1S/C19H22N2O/c1-19(2,3)18(22)21-17-11-7-5-9-14(17)15-12-20-16-10-6-4-8-13(15)16/h4-11,15,20H,12H2,1-3H3,(H,21,22). The highest BCUT2D eigenvalue weighted by Crippen LogP contribution is 2.39. The zero-order chi connectivity index (χ0) is 15.7. The Morgan fingerprint density at radius 2 is 1.68 bits per heavy atom. The first kappa shape index (κ1) is 14.6. The normalized spacial score (nSPS) is 16.8. The summed E-state index contributed by atoms with van der Waals surface area (Å²) < 4.78 is 0. The maximum absolute atomic E-state index is 12.3. The molecule has 3 heteroatoms. The Bertz CT molecular complexity index is 701. The minimum atomic E-state index is -0.404. The highest BCUT2D eigenvalue weighted by molar-refractivity contribution is 5.95. The van der Waals surface area contributed by atoms with E-state index in [-0.39, 0.29) is 11.8 Å². The third-order valence-corrected chi connectivity index (χ3v) is 4.10. The van der Waals surface area contributed by atoms with Crippen molar-refractivity contribution in [1.29, 1.82) is 0 Å². The molecule has 0 bridgehead atoms. The van der Waals surface area contributed by atoms with Crippen LogP contribution in [0.1, 0.15) is 37.8 Å². The fraction of sp³-hybridized carbons (Fsp3) is 0.316. The minimum Gasteiger partial charge on any atom is -0.384 e. The fourth-order valence-corrected chi connectivity index (χ4v) is 2.79. The number of hydrogen-bond donors (Lipinski definition) is 2. The number of carbonyl (C=O) groups excluding carboxylic acids is 1. The second-order valence-electron chi connectivity index (χ2n) is 6.81. The smallest absolute Gasteiger partial charge is 0.229 e. The number of rotatable bonds is 2. The molecule has 0 aromatic heterocycles. The number of amides is 1. The first-order valence-electron chi connectivity index (χ1n) is 7.70. The summed E-state index contributed by atoms with van der Waals surface area (Å²) in [5.74, 6) is 0.312. The molecule has 1 atom stereocenters. The molecule has 2 aromatic carbocycles. The van der Waals surface area contributed by atoms with E-state index in [0.717, 1.165) is 17.8 Å². The highest BCUT2D eigenvalue weighted by atomic mass is 16.2. The second kappa shape index (κ2) is 5.48. The van der Waals surface area contributed by atoms with Crippen LogP contribution in [-0.2, 0) is 4.79 Å². The fourth-order valence-electron chi connectivity index (χ4n) is 2.79. The lowest BCUT2D eigenvalue weighted by Gasteiger charge is -2.21. The van der Waals surface area contributed by atoms with Crippen LogP contribution in [0.25, 0.3) is 0 Å². The third kappa shape index (κ3) is 2.71. The van der Waals surface area contributed by atoms with Gasteiger partial charge in [-0.2, -0.15) is 0 Å². The molecule has 1 heterocycles. The number of carbonyl (C=O) groups is 1. The van der Waals surface area contributed by atoms with Gasteiger partial charge in [0.2, 0.25) is 5.91 Å². The molecule has 0 fully saturated rings. The van der Waals surface area contributed by atoms with Crippen molar-refractivity contribution in [1.82, 2.24) is 0 Å². The molecule has 1 unspecified atom stereocenters. The first-order valence-corrected chi connectivity index (χ1v) is 7.70. The first-order chi connectivity index (χ1) is 10.5. The van der Waals surface area contributed by atoms with Gasteiger partial charge in [0.25, 0.3) is 0 Å². The van der Waals surface area contributed by atoms with Crippen molar-refractivity contribution in [3.8, 4) is 0 Å². The summed E-state index contributed by atoms with van der Waals surface area (Å²) in [6.07, 6.45) is 0. The molecule has 1 aliphatic heterocycles. The Labute approximate surface area is 131 Å². The van der Waals surface area contributed by atoms with E-state index >= 15 is 0 Å². The number of anilines is 2. The highest BCUT2D eigenvalue weighted by Gasteiger charge is 2.27. The van der Waals surface area contributed by atoms with Crippen molar-refractivity contribution in [2.24, 2.45) is 5.41 Å². The third-order valence-electron chi connectivity index (χ3n) is 4.10. The minimum absolute atomic E-state index is 0.0409. The second-order valence-corrected chi connectivity index (χ2v) is 6.81. The van der Waals surface area contributed by atoms with Crippen LogP contribution in [0.2, 0.25) is 0 Å².